The van der Waals surface area contributed by atoms with E-state index in [1.54, 1.807) is 13.1 Å². The zero-order chi connectivity index (χ0) is 20.0. The fourth-order valence-corrected chi connectivity index (χ4v) is 4.29. The predicted octanol–water partition coefficient (Wildman–Crippen LogP) is 2.69. The third kappa shape index (κ3) is 3.10. The van der Waals surface area contributed by atoms with E-state index in [0.29, 0.717) is 17.9 Å². The standard InChI is InChI=1S/C23H21N3O3/c1-26-21(27)13-14-12-15(10-11-18(14)25-26)24-23(28)22-16-6-2-4-8-19(16)29-20-9-5-3-7-17(20)22/h2-9,13,15,22H,10-12H2,1H3,(H,24,28)/t15-/m0/s1. The van der Waals surface area contributed by atoms with E-state index in [-0.39, 0.29) is 17.5 Å². The minimum Gasteiger partial charge on any atom is -0.457 e. The van der Waals surface area contributed by atoms with Crippen LogP contribution in [-0.2, 0) is 24.7 Å². The van der Waals surface area contributed by atoms with Crippen LogP contribution in [0.15, 0.2) is 59.4 Å². The Bertz CT molecular complexity index is 1120. The lowest BCUT2D eigenvalue weighted by Crippen LogP contribution is -2.42. The van der Waals surface area contributed by atoms with Gasteiger partial charge in [-0.3, -0.25) is 9.59 Å². The van der Waals surface area contributed by atoms with Crippen molar-refractivity contribution in [3.05, 3.63) is 87.3 Å². The molecule has 2 heterocycles. The molecule has 0 bridgehead atoms. The van der Waals surface area contributed by atoms with Gasteiger partial charge in [-0.1, -0.05) is 36.4 Å². The SMILES string of the molecule is Cn1nc2c(cc1=O)C[C@@H](NC(=O)C1c3ccccc3Oc3ccccc31)CC2. The Morgan fingerprint density at radius 1 is 1.10 bits per heavy atom. The summed E-state index contributed by atoms with van der Waals surface area (Å²) in [5, 5.41) is 7.57. The molecule has 0 radical (unpaired) electrons. The summed E-state index contributed by atoms with van der Waals surface area (Å²) >= 11 is 0. The normalized spacial score (nSPS) is 17.5. The first-order valence-corrected chi connectivity index (χ1v) is 9.82. The molecule has 5 rings (SSSR count). The van der Waals surface area contributed by atoms with Gasteiger partial charge in [0.1, 0.15) is 11.5 Å². The second-order valence-corrected chi connectivity index (χ2v) is 7.64. The number of nitrogens with zero attached hydrogens (tertiary/aromatic N) is 2. The van der Waals surface area contributed by atoms with Crippen molar-refractivity contribution >= 4 is 5.91 Å². The molecule has 1 aliphatic heterocycles. The molecule has 6 nitrogen and oxygen atoms in total. The minimum atomic E-state index is -0.417. The molecular formula is C23H21N3O3. The largest absolute Gasteiger partial charge is 0.457 e. The van der Waals surface area contributed by atoms with Crippen molar-refractivity contribution in [2.75, 3.05) is 0 Å². The summed E-state index contributed by atoms with van der Waals surface area (Å²) in [5.41, 5.74) is 3.49. The Labute approximate surface area is 168 Å². The Morgan fingerprint density at radius 3 is 2.45 bits per heavy atom. The maximum absolute atomic E-state index is 13.4. The third-order valence-corrected chi connectivity index (χ3v) is 5.74. The molecule has 1 N–H and O–H groups in total. The van der Waals surface area contributed by atoms with Crippen LogP contribution in [0.5, 0.6) is 11.5 Å². The number of ether oxygens (including phenoxy) is 1. The van der Waals surface area contributed by atoms with Crippen molar-refractivity contribution in [3.63, 3.8) is 0 Å². The lowest BCUT2D eigenvalue weighted by atomic mass is 9.86. The highest BCUT2D eigenvalue weighted by atomic mass is 16.5. The van der Waals surface area contributed by atoms with Crippen LogP contribution < -0.4 is 15.6 Å². The van der Waals surface area contributed by atoms with Crippen molar-refractivity contribution in [3.8, 4) is 11.5 Å². The lowest BCUT2D eigenvalue weighted by Gasteiger charge is -2.30. The number of aryl methyl sites for hydroxylation is 2. The zero-order valence-electron chi connectivity index (χ0n) is 16.1. The van der Waals surface area contributed by atoms with Gasteiger partial charge < -0.3 is 10.1 Å². The van der Waals surface area contributed by atoms with Gasteiger partial charge in [-0.15, -0.1) is 0 Å². The van der Waals surface area contributed by atoms with Gasteiger partial charge >= 0.3 is 0 Å². The zero-order valence-corrected chi connectivity index (χ0v) is 16.1. The summed E-state index contributed by atoms with van der Waals surface area (Å²) in [7, 11) is 1.66. The highest BCUT2D eigenvalue weighted by Crippen LogP contribution is 2.44. The first kappa shape index (κ1) is 17.7. The van der Waals surface area contributed by atoms with Crippen LogP contribution in [0.1, 0.15) is 34.7 Å². The van der Waals surface area contributed by atoms with Crippen molar-refractivity contribution < 1.29 is 9.53 Å². The highest BCUT2D eigenvalue weighted by molar-refractivity contribution is 5.89. The van der Waals surface area contributed by atoms with Crippen LogP contribution in [0.25, 0.3) is 0 Å². The van der Waals surface area contributed by atoms with Gasteiger partial charge in [0.25, 0.3) is 5.56 Å². The number of carbonyl (C=O) groups excluding carboxylic acids is 1. The van der Waals surface area contributed by atoms with E-state index < -0.39 is 5.92 Å². The first-order chi connectivity index (χ1) is 14.1. The summed E-state index contributed by atoms with van der Waals surface area (Å²) in [6.45, 7) is 0. The number of benzene rings is 2. The average molecular weight is 387 g/mol. The molecule has 146 valence electrons. The van der Waals surface area contributed by atoms with Gasteiger partial charge in [-0.05, 0) is 37.0 Å². The van der Waals surface area contributed by atoms with Crippen LogP contribution in [-0.4, -0.2) is 21.7 Å². The molecule has 6 heteroatoms. The van der Waals surface area contributed by atoms with E-state index in [4.69, 9.17) is 4.74 Å². The molecule has 2 aliphatic rings. The minimum absolute atomic E-state index is 0.0222. The summed E-state index contributed by atoms with van der Waals surface area (Å²) in [6.07, 6.45) is 2.17. The molecule has 29 heavy (non-hydrogen) atoms. The Balaban J connectivity index is 1.43. The second-order valence-electron chi connectivity index (χ2n) is 7.64. The molecule has 0 saturated carbocycles. The molecule has 1 atom stereocenters. The number of fused-ring (bicyclic) bond motifs is 3. The van der Waals surface area contributed by atoms with Crippen LogP contribution in [0.3, 0.4) is 0 Å². The van der Waals surface area contributed by atoms with E-state index in [1.165, 1.54) is 4.68 Å². The number of amides is 1. The van der Waals surface area contributed by atoms with Gasteiger partial charge in [0, 0.05) is 30.3 Å². The first-order valence-electron chi connectivity index (χ1n) is 9.82. The van der Waals surface area contributed by atoms with Crippen LogP contribution in [0.2, 0.25) is 0 Å². The summed E-state index contributed by atoms with van der Waals surface area (Å²) in [5.74, 6) is 0.971. The molecule has 3 aromatic rings. The van der Waals surface area contributed by atoms with Crippen molar-refractivity contribution in [1.82, 2.24) is 15.1 Å². The van der Waals surface area contributed by atoms with Crippen LogP contribution in [0, 0.1) is 0 Å². The van der Waals surface area contributed by atoms with E-state index in [0.717, 1.165) is 35.2 Å². The molecule has 1 aromatic heterocycles. The topological polar surface area (TPSA) is 73.2 Å². The van der Waals surface area contributed by atoms with Crippen molar-refractivity contribution in [2.24, 2.45) is 7.05 Å². The highest BCUT2D eigenvalue weighted by Gasteiger charge is 2.34. The van der Waals surface area contributed by atoms with E-state index in [9.17, 15) is 9.59 Å². The number of hydrogen-bond donors (Lipinski definition) is 1. The smallest absolute Gasteiger partial charge is 0.266 e. The van der Waals surface area contributed by atoms with Crippen molar-refractivity contribution in [2.45, 2.75) is 31.2 Å². The molecule has 1 aliphatic carbocycles. The fraction of sp³-hybridized carbons (Fsp3) is 0.261. The monoisotopic (exact) mass is 387 g/mol. The molecule has 0 unspecified atom stereocenters. The number of hydrogen-bond acceptors (Lipinski definition) is 4. The molecule has 0 spiro atoms. The van der Waals surface area contributed by atoms with Gasteiger partial charge in [0.2, 0.25) is 5.91 Å². The maximum Gasteiger partial charge on any atom is 0.266 e. The molecule has 0 saturated heterocycles. The number of rotatable bonds is 2. The van der Waals surface area contributed by atoms with Gasteiger partial charge in [-0.25, -0.2) is 4.68 Å². The maximum atomic E-state index is 13.4. The number of carbonyl (C=O) groups is 1. The fourth-order valence-electron chi connectivity index (χ4n) is 4.29. The van der Waals surface area contributed by atoms with Crippen LogP contribution >= 0.6 is 0 Å². The Morgan fingerprint density at radius 2 is 1.76 bits per heavy atom. The average Bonchev–Trinajstić information content (AvgIpc) is 2.73. The van der Waals surface area contributed by atoms with E-state index in [2.05, 4.69) is 10.4 Å². The van der Waals surface area contributed by atoms with E-state index >= 15 is 0 Å². The summed E-state index contributed by atoms with van der Waals surface area (Å²) in [6, 6.07) is 17.0. The number of nitrogens with one attached hydrogen (secondary N) is 1. The summed E-state index contributed by atoms with van der Waals surface area (Å²) in [4.78, 5) is 25.3. The Kier molecular flexibility index (Phi) is 4.19. The van der Waals surface area contributed by atoms with Gasteiger partial charge in [-0.2, -0.15) is 5.10 Å². The number of aromatic nitrogens is 2. The molecule has 1 amide bonds. The summed E-state index contributed by atoms with van der Waals surface area (Å²) < 4.78 is 7.36. The Hall–Kier alpha value is -3.41. The number of para-hydroxylation sites is 2. The predicted molar refractivity (Wildman–Crippen MR) is 108 cm³/mol. The van der Waals surface area contributed by atoms with Gasteiger partial charge in [0.15, 0.2) is 0 Å². The van der Waals surface area contributed by atoms with Crippen LogP contribution in [0.4, 0.5) is 0 Å². The molecular weight excluding hydrogens is 366 g/mol. The quantitative estimate of drug-likeness (QED) is 0.734. The van der Waals surface area contributed by atoms with Crippen molar-refractivity contribution in [1.29, 1.82) is 0 Å². The molecule has 2 aromatic carbocycles. The third-order valence-electron chi connectivity index (χ3n) is 5.74. The van der Waals surface area contributed by atoms with E-state index in [1.807, 2.05) is 48.5 Å². The van der Waals surface area contributed by atoms with Gasteiger partial charge in [0.05, 0.1) is 11.6 Å². The lowest BCUT2D eigenvalue weighted by molar-refractivity contribution is -0.122. The second kappa shape index (κ2) is 6.88. The molecule has 0 fully saturated rings.